The predicted molar refractivity (Wildman–Crippen MR) is 71.0 cm³/mol. The van der Waals surface area contributed by atoms with Gasteiger partial charge in [-0.05, 0) is 18.6 Å². The molecule has 5 nitrogen and oxygen atoms in total. The van der Waals surface area contributed by atoms with Gasteiger partial charge in [0.15, 0.2) is 11.5 Å². The zero-order valence-electron chi connectivity index (χ0n) is 10.4. The van der Waals surface area contributed by atoms with Crippen LogP contribution in [0.2, 0.25) is 5.02 Å². The minimum Gasteiger partial charge on any atom is -0.504 e. The van der Waals surface area contributed by atoms with E-state index in [1.165, 1.54) is 7.11 Å². The summed E-state index contributed by atoms with van der Waals surface area (Å²) in [6.45, 7) is 1.84. The molecule has 0 saturated heterocycles. The fourth-order valence-electron chi connectivity index (χ4n) is 1.85. The Morgan fingerprint density at radius 3 is 2.61 bits per heavy atom. The third kappa shape index (κ3) is 1.86. The monoisotopic (exact) mass is 267 g/mol. The van der Waals surface area contributed by atoms with E-state index < -0.39 is 0 Å². The summed E-state index contributed by atoms with van der Waals surface area (Å²) >= 11 is 6.24. The summed E-state index contributed by atoms with van der Waals surface area (Å²) in [5.41, 5.74) is 7.91. The normalized spacial score (nSPS) is 10.7. The first-order valence-corrected chi connectivity index (χ1v) is 5.69. The molecule has 6 heteroatoms. The molecule has 0 spiro atoms. The summed E-state index contributed by atoms with van der Waals surface area (Å²) in [5, 5.41) is 14.3. The number of aromatic nitrogens is 2. The Hall–Kier alpha value is -1.88. The number of methoxy groups -OCH3 is 1. The van der Waals surface area contributed by atoms with E-state index in [1.54, 1.807) is 23.9 Å². The third-order valence-electron chi connectivity index (χ3n) is 2.78. The first-order valence-electron chi connectivity index (χ1n) is 5.31. The Morgan fingerprint density at radius 2 is 2.11 bits per heavy atom. The Labute approximate surface area is 110 Å². The summed E-state index contributed by atoms with van der Waals surface area (Å²) in [6.07, 6.45) is 0. The average molecular weight is 268 g/mol. The summed E-state index contributed by atoms with van der Waals surface area (Å²) in [6, 6.07) is 3.32. The number of aromatic hydroxyl groups is 1. The Balaban J connectivity index is 2.71. The smallest absolute Gasteiger partial charge is 0.179 e. The average Bonchev–Trinajstić information content (AvgIpc) is 2.58. The quantitative estimate of drug-likeness (QED) is 0.876. The van der Waals surface area contributed by atoms with Crippen LogP contribution in [-0.2, 0) is 7.05 Å². The molecule has 0 radical (unpaired) electrons. The van der Waals surface area contributed by atoms with E-state index in [1.807, 2.05) is 6.92 Å². The summed E-state index contributed by atoms with van der Waals surface area (Å²) < 4.78 is 6.64. The van der Waals surface area contributed by atoms with Gasteiger partial charge in [0.2, 0.25) is 0 Å². The van der Waals surface area contributed by atoms with Crippen LogP contribution in [0.4, 0.5) is 5.82 Å². The summed E-state index contributed by atoms with van der Waals surface area (Å²) in [4.78, 5) is 0. The van der Waals surface area contributed by atoms with Crippen molar-refractivity contribution in [1.29, 1.82) is 0 Å². The van der Waals surface area contributed by atoms with Crippen LogP contribution in [0, 0.1) is 6.92 Å². The first-order chi connectivity index (χ1) is 8.45. The molecule has 0 amide bonds. The van der Waals surface area contributed by atoms with Crippen molar-refractivity contribution in [3.05, 3.63) is 22.7 Å². The number of halogens is 1. The Bertz CT molecular complexity index is 588. The lowest BCUT2D eigenvalue weighted by Crippen LogP contribution is -1.97. The van der Waals surface area contributed by atoms with Gasteiger partial charge in [0.25, 0.3) is 0 Å². The van der Waals surface area contributed by atoms with Gasteiger partial charge in [-0.2, -0.15) is 5.10 Å². The Morgan fingerprint density at radius 1 is 1.44 bits per heavy atom. The van der Waals surface area contributed by atoms with E-state index >= 15 is 0 Å². The second-order valence-corrected chi connectivity index (χ2v) is 4.39. The van der Waals surface area contributed by atoms with Crippen LogP contribution in [0.3, 0.4) is 0 Å². The van der Waals surface area contributed by atoms with Crippen LogP contribution >= 0.6 is 11.6 Å². The molecule has 96 valence electrons. The number of phenols is 1. The zero-order chi connectivity index (χ0) is 13.4. The van der Waals surface area contributed by atoms with Gasteiger partial charge in [-0.15, -0.1) is 0 Å². The van der Waals surface area contributed by atoms with E-state index in [-0.39, 0.29) is 11.5 Å². The van der Waals surface area contributed by atoms with Gasteiger partial charge in [0.05, 0.1) is 17.8 Å². The lowest BCUT2D eigenvalue weighted by Gasteiger charge is -2.12. The number of aryl methyl sites for hydroxylation is 2. The minimum atomic E-state index is 0.00709. The van der Waals surface area contributed by atoms with Crippen molar-refractivity contribution < 1.29 is 9.84 Å². The summed E-state index contributed by atoms with van der Waals surface area (Å²) in [7, 11) is 3.20. The number of nitrogen functional groups attached to an aromatic ring is 1. The number of nitrogens with zero attached hydrogens (tertiary/aromatic N) is 2. The SMILES string of the molecule is COc1c(O)cc(C)c(-c2cc(N)n(C)n2)c1Cl. The fraction of sp³-hybridized carbons (Fsp3) is 0.250. The van der Waals surface area contributed by atoms with Gasteiger partial charge >= 0.3 is 0 Å². The van der Waals surface area contributed by atoms with Crippen LogP contribution in [0.15, 0.2) is 12.1 Å². The molecule has 2 aromatic rings. The molecule has 0 unspecified atom stereocenters. The maximum absolute atomic E-state index is 9.74. The number of hydrogen-bond acceptors (Lipinski definition) is 4. The highest BCUT2D eigenvalue weighted by molar-refractivity contribution is 6.35. The van der Waals surface area contributed by atoms with E-state index in [0.29, 0.717) is 22.1 Å². The number of hydrogen-bond donors (Lipinski definition) is 2. The van der Waals surface area contributed by atoms with Crippen LogP contribution in [-0.4, -0.2) is 22.0 Å². The van der Waals surface area contributed by atoms with Gasteiger partial charge in [0, 0.05) is 18.7 Å². The molecule has 0 aliphatic rings. The van der Waals surface area contributed by atoms with Crippen molar-refractivity contribution in [3.63, 3.8) is 0 Å². The van der Waals surface area contributed by atoms with Crippen molar-refractivity contribution in [2.75, 3.05) is 12.8 Å². The Kier molecular flexibility index (Phi) is 3.09. The van der Waals surface area contributed by atoms with E-state index in [9.17, 15) is 5.11 Å². The van der Waals surface area contributed by atoms with Crippen molar-refractivity contribution in [1.82, 2.24) is 9.78 Å². The largest absolute Gasteiger partial charge is 0.504 e. The molecule has 3 N–H and O–H groups in total. The predicted octanol–water partition coefficient (Wildman–Crippen LogP) is 2.35. The second-order valence-electron chi connectivity index (χ2n) is 4.01. The van der Waals surface area contributed by atoms with Gasteiger partial charge in [-0.25, -0.2) is 0 Å². The molecule has 1 heterocycles. The van der Waals surface area contributed by atoms with Gasteiger partial charge in [0.1, 0.15) is 5.82 Å². The molecule has 0 saturated carbocycles. The zero-order valence-corrected chi connectivity index (χ0v) is 11.1. The van der Waals surface area contributed by atoms with Crippen molar-refractivity contribution in [3.8, 4) is 22.8 Å². The number of phenolic OH excluding ortho intramolecular Hbond substituents is 1. The summed E-state index contributed by atoms with van der Waals surface area (Å²) in [5.74, 6) is 0.779. The molecule has 1 aromatic carbocycles. The molecule has 0 aliphatic carbocycles. The number of nitrogens with two attached hydrogens (primary N) is 1. The van der Waals surface area contributed by atoms with Gasteiger partial charge < -0.3 is 15.6 Å². The maximum Gasteiger partial charge on any atom is 0.179 e. The minimum absolute atomic E-state index is 0.00709. The van der Waals surface area contributed by atoms with Gasteiger partial charge in [-0.3, -0.25) is 4.68 Å². The highest BCUT2D eigenvalue weighted by atomic mass is 35.5. The van der Waals surface area contributed by atoms with Crippen molar-refractivity contribution >= 4 is 17.4 Å². The third-order valence-corrected chi connectivity index (χ3v) is 3.14. The second kappa shape index (κ2) is 4.42. The fourth-order valence-corrected chi connectivity index (χ4v) is 2.27. The molecule has 1 aromatic heterocycles. The van der Waals surface area contributed by atoms with E-state index in [0.717, 1.165) is 5.56 Å². The number of rotatable bonds is 2. The van der Waals surface area contributed by atoms with Crippen LogP contribution in [0.5, 0.6) is 11.5 Å². The van der Waals surface area contributed by atoms with Crippen LogP contribution in [0.1, 0.15) is 5.56 Å². The lowest BCUT2D eigenvalue weighted by atomic mass is 10.0. The highest BCUT2D eigenvalue weighted by Crippen LogP contribution is 2.43. The first kappa shape index (κ1) is 12.6. The van der Waals surface area contributed by atoms with E-state index in [2.05, 4.69) is 5.10 Å². The molecule has 0 atom stereocenters. The number of anilines is 1. The molecule has 0 fully saturated rings. The molecule has 0 bridgehead atoms. The van der Waals surface area contributed by atoms with Crippen molar-refractivity contribution in [2.24, 2.45) is 7.05 Å². The number of ether oxygens (including phenoxy) is 1. The van der Waals surface area contributed by atoms with Crippen molar-refractivity contribution in [2.45, 2.75) is 6.92 Å². The standard InChI is InChI=1S/C12H14ClN3O2/c1-6-4-8(17)12(18-3)11(13)10(6)7-5-9(14)16(2)15-7/h4-5,17H,14H2,1-3H3. The molecule has 2 rings (SSSR count). The molecular formula is C12H14ClN3O2. The number of benzene rings is 1. The van der Waals surface area contributed by atoms with Gasteiger partial charge in [-0.1, -0.05) is 11.6 Å². The molecular weight excluding hydrogens is 254 g/mol. The van der Waals surface area contributed by atoms with E-state index in [4.69, 9.17) is 22.1 Å². The topological polar surface area (TPSA) is 73.3 Å². The van der Waals surface area contributed by atoms with Crippen LogP contribution in [0.25, 0.3) is 11.3 Å². The highest BCUT2D eigenvalue weighted by Gasteiger charge is 2.18. The molecule has 18 heavy (non-hydrogen) atoms. The van der Waals surface area contributed by atoms with Crippen LogP contribution < -0.4 is 10.5 Å². The maximum atomic E-state index is 9.74. The molecule has 0 aliphatic heterocycles. The lowest BCUT2D eigenvalue weighted by molar-refractivity contribution is 0.373.